The van der Waals surface area contributed by atoms with Gasteiger partial charge < -0.3 is 19.0 Å². The van der Waals surface area contributed by atoms with Crippen molar-refractivity contribution in [2.24, 2.45) is 0 Å². The molecular weight excluding hydrogens is 679 g/mol. The standard InChI is InChI=1S/C40H41N4O7P/c1-20(2)42-37(46)28-13-9-24-26-11-15-30-36-31(16-12-27(34(26)36)25-10-14-29(38(42)47)35(28)33(24)25)40(49)43(39(30)48)32(19-45)23(7)51-52(50-18-17-41-8)44(21(3)4)22(5)6/h9-16,20-23,32,45H,17-19H2,1-7H3/t23-,32-,52?/m0/s1/i45D. The minimum absolute atomic E-state index is 0.0320. The molecule has 0 bridgehead atoms. The van der Waals surface area contributed by atoms with Crippen LogP contribution in [0.1, 0.15) is 89.9 Å². The molecule has 2 aliphatic rings. The Hall–Kier alpha value is -4.56. The highest BCUT2D eigenvalue weighted by atomic mass is 31.2. The fourth-order valence-corrected chi connectivity index (χ4v) is 9.72. The van der Waals surface area contributed by atoms with Gasteiger partial charge in [-0.05, 0) is 105 Å². The Kier molecular flexibility index (Phi) is 8.93. The molecule has 0 aromatic heterocycles. The van der Waals surface area contributed by atoms with E-state index in [1.165, 1.54) is 4.90 Å². The first-order valence-electron chi connectivity index (χ1n) is 18.0. The number of benzene rings is 5. The van der Waals surface area contributed by atoms with Gasteiger partial charge in [0, 0.05) is 51.2 Å². The molecule has 268 valence electrons. The lowest BCUT2D eigenvalue weighted by Gasteiger charge is -2.40. The van der Waals surface area contributed by atoms with Crippen LogP contribution in [-0.4, -0.2) is 94.7 Å². The number of aliphatic hydroxyl groups is 1. The van der Waals surface area contributed by atoms with Gasteiger partial charge in [0.15, 0.2) is 0 Å². The van der Waals surface area contributed by atoms with Crippen molar-refractivity contribution in [1.29, 1.82) is 1.43 Å². The molecule has 1 unspecified atom stereocenters. The normalized spacial score (nSPS) is 16.8. The van der Waals surface area contributed by atoms with Crippen LogP contribution in [0.15, 0.2) is 48.5 Å². The minimum atomic E-state index is -1.71. The lowest BCUT2D eigenvalue weighted by molar-refractivity contribution is 0.0206. The van der Waals surface area contributed by atoms with Crippen molar-refractivity contribution >= 4 is 75.2 Å². The summed E-state index contributed by atoms with van der Waals surface area (Å²) in [5.41, 5.74) is 1.59. The second-order valence-electron chi connectivity index (χ2n) is 14.3. The maximum atomic E-state index is 14.5. The van der Waals surface area contributed by atoms with Gasteiger partial charge in [0.2, 0.25) is 7.98 Å². The number of carbonyl (C=O) groups excluding carboxylic acids is 4. The fraction of sp³-hybridized carbons (Fsp3) is 0.375. The first kappa shape index (κ1) is 34.5. The molecule has 2 aliphatic heterocycles. The summed E-state index contributed by atoms with van der Waals surface area (Å²) in [5, 5.41) is 10.8. The monoisotopic (exact) mass is 721 g/mol. The van der Waals surface area contributed by atoms with Crippen LogP contribution in [0.2, 0.25) is 0 Å². The Labute approximate surface area is 304 Å². The second kappa shape index (κ2) is 13.4. The highest BCUT2D eigenvalue weighted by Gasteiger charge is 2.43. The van der Waals surface area contributed by atoms with Crippen LogP contribution in [0.3, 0.4) is 0 Å². The topological polar surface area (TPSA) is 121 Å². The van der Waals surface area contributed by atoms with Gasteiger partial charge in [0.05, 0.1) is 18.8 Å². The number of carbonyl (C=O) groups is 4. The Balaban J connectivity index is 1.34. The van der Waals surface area contributed by atoms with E-state index < -0.39 is 32.5 Å². The van der Waals surface area contributed by atoms with Crippen LogP contribution in [0, 0.1) is 6.57 Å². The molecule has 5 aromatic rings. The summed E-state index contributed by atoms with van der Waals surface area (Å²) in [6.07, 6.45) is -0.801. The van der Waals surface area contributed by atoms with E-state index in [4.69, 9.17) is 22.2 Å². The molecule has 0 saturated carbocycles. The number of nitrogens with zero attached hydrogens (tertiary/aromatic N) is 4. The molecule has 4 amide bonds. The minimum Gasteiger partial charge on any atom is -0.394 e. The highest BCUT2D eigenvalue weighted by Crippen LogP contribution is 2.49. The fourth-order valence-electron chi connectivity index (χ4n) is 8.00. The summed E-state index contributed by atoms with van der Waals surface area (Å²) in [4.78, 5) is 62.1. The molecule has 0 radical (unpaired) electrons. The zero-order valence-electron chi connectivity index (χ0n) is 31.2. The average Bonchev–Trinajstić information content (AvgIpc) is 3.11. The van der Waals surface area contributed by atoms with Crippen molar-refractivity contribution in [2.45, 2.75) is 78.7 Å². The molecule has 52 heavy (non-hydrogen) atoms. The Bertz CT molecular complexity index is 2250. The Morgan fingerprint density at radius 1 is 0.712 bits per heavy atom. The van der Waals surface area contributed by atoms with E-state index in [-0.39, 0.29) is 49.7 Å². The molecule has 3 atom stereocenters. The smallest absolute Gasteiger partial charge is 0.261 e. The lowest BCUT2D eigenvalue weighted by atomic mass is 9.82. The van der Waals surface area contributed by atoms with E-state index in [0.29, 0.717) is 33.0 Å². The van der Waals surface area contributed by atoms with Gasteiger partial charge >= 0.3 is 0 Å². The van der Waals surface area contributed by atoms with Crippen LogP contribution in [-0.2, 0) is 9.05 Å². The summed E-state index contributed by atoms with van der Waals surface area (Å²) in [5.74, 6) is -1.73. The van der Waals surface area contributed by atoms with Crippen molar-refractivity contribution in [2.75, 3.05) is 19.8 Å². The number of imide groups is 2. The predicted molar refractivity (Wildman–Crippen MR) is 202 cm³/mol. The molecule has 0 aliphatic carbocycles. The third-order valence-electron chi connectivity index (χ3n) is 10.2. The predicted octanol–water partition coefficient (Wildman–Crippen LogP) is 7.39. The van der Waals surface area contributed by atoms with Gasteiger partial charge in [0.1, 0.15) is 6.61 Å². The largest absolute Gasteiger partial charge is 0.394 e. The lowest BCUT2D eigenvalue weighted by Crippen LogP contribution is -2.53. The molecule has 0 saturated heterocycles. The molecule has 12 heteroatoms. The van der Waals surface area contributed by atoms with Crippen molar-refractivity contribution in [3.8, 4) is 0 Å². The van der Waals surface area contributed by atoms with Gasteiger partial charge in [-0.3, -0.25) is 29.0 Å². The SMILES string of the molecule is [2H]OC[C@@H]([C@H](C)OP(OCC[N+]#[C-])N(C(C)C)C(C)C)N1C(=O)c2ccc3c4ccc5c6c(ccc(c7ccc(c2c37)C1=O)c64)C(=O)N(C(C)C)C5=O. The molecule has 0 spiro atoms. The van der Waals surface area contributed by atoms with E-state index >= 15 is 0 Å². The van der Waals surface area contributed by atoms with Gasteiger partial charge in [-0.15, -0.1) is 0 Å². The van der Waals surface area contributed by atoms with Crippen molar-refractivity contribution in [3.05, 3.63) is 82.2 Å². The number of hydrogen-bond acceptors (Lipinski definition) is 8. The van der Waals surface area contributed by atoms with Gasteiger partial charge in [-0.25, -0.2) is 11.2 Å². The zero-order chi connectivity index (χ0) is 38.0. The van der Waals surface area contributed by atoms with Gasteiger partial charge in [-0.1, -0.05) is 24.3 Å². The number of hydrogen-bond donors (Lipinski definition) is 1. The van der Waals surface area contributed by atoms with E-state index in [1.54, 1.807) is 31.2 Å². The zero-order valence-corrected chi connectivity index (χ0v) is 31.1. The molecule has 1 N–H and O–H groups in total. The van der Waals surface area contributed by atoms with Crippen LogP contribution in [0.4, 0.5) is 0 Å². The van der Waals surface area contributed by atoms with Gasteiger partial charge in [0.25, 0.3) is 32.2 Å². The summed E-state index contributed by atoms with van der Waals surface area (Å²) < 4.78 is 22.4. The third kappa shape index (κ3) is 5.27. The molecule has 2 heterocycles. The maximum absolute atomic E-state index is 14.5. The number of fused-ring (bicyclic) bond motifs is 2. The quantitative estimate of drug-likeness (QED) is 0.0334. The number of aliphatic hydroxyl groups excluding tert-OH is 1. The summed E-state index contributed by atoms with van der Waals surface area (Å²) in [6, 6.07) is 13.2. The van der Waals surface area contributed by atoms with Crippen molar-refractivity contribution < 1.29 is 33.3 Å². The molecule has 11 nitrogen and oxygen atoms in total. The highest BCUT2D eigenvalue weighted by molar-refractivity contribution is 7.44. The van der Waals surface area contributed by atoms with Crippen molar-refractivity contribution in [1.82, 2.24) is 14.5 Å². The first-order valence-corrected chi connectivity index (χ1v) is 18.7. The Morgan fingerprint density at radius 3 is 1.50 bits per heavy atom. The number of amides is 4. The van der Waals surface area contributed by atoms with E-state index in [9.17, 15) is 19.2 Å². The van der Waals surface area contributed by atoms with Crippen LogP contribution in [0.25, 0.3) is 47.9 Å². The van der Waals surface area contributed by atoms with Crippen molar-refractivity contribution in [3.63, 3.8) is 0 Å². The third-order valence-corrected chi connectivity index (χ3v) is 12.4. The Morgan fingerprint density at radius 2 is 1.13 bits per heavy atom. The second-order valence-corrected chi connectivity index (χ2v) is 15.7. The van der Waals surface area contributed by atoms with E-state index in [0.717, 1.165) is 37.2 Å². The molecule has 0 fully saturated rings. The summed E-state index contributed by atoms with van der Waals surface area (Å²) >= 11 is 0. The summed E-state index contributed by atoms with van der Waals surface area (Å²) in [6.45, 7) is 20.6. The van der Waals surface area contributed by atoms with Gasteiger partial charge in [-0.2, -0.15) is 0 Å². The molecular formula is C40H41N4O7P. The van der Waals surface area contributed by atoms with E-state index in [2.05, 4.69) is 9.52 Å². The van der Waals surface area contributed by atoms with Crippen LogP contribution < -0.4 is 0 Å². The maximum Gasteiger partial charge on any atom is 0.261 e. The van der Waals surface area contributed by atoms with Crippen LogP contribution in [0.5, 0.6) is 0 Å². The average molecular weight is 722 g/mol. The molecule has 7 rings (SSSR count). The number of rotatable bonds is 13. The van der Waals surface area contributed by atoms with E-state index in [1.807, 2.05) is 65.8 Å². The van der Waals surface area contributed by atoms with Crippen LogP contribution >= 0.6 is 8.53 Å². The molecule has 5 aromatic carbocycles. The summed E-state index contributed by atoms with van der Waals surface area (Å²) in [7, 11) is -1.71. The first-order chi connectivity index (χ1) is 25.3.